The summed E-state index contributed by atoms with van der Waals surface area (Å²) >= 11 is 0. The van der Waals surface area contributed by atoms with Crippen molar-refractivity contribution in [3.05, 3.63) is 78.0 Å². The van der Waals surface area contributed by atoms with E-state index in [9.17, 15) is 4.79 Å². The summed E-state index contributed by atoms with van der Waals surface area (Å²) in [7, 11) is 0. The van der Waals surface area contributed by atoms with Crippen LogP contribution in [0, 0.1) is 0 Å². The van der Waals surface area contributed by atoms with Crippen LogP contribution in [-0.2, 0) is 6.54 Å². The van der Waals surface area contributed by atoms with Gasteiger partial charge < -0.3 is 14.8 Å². The van der Waals surface area contributed by atoms with Crippen LogP contribution in [0.5, 0.6) is 11.5 Å². The van der Waals surface area contributed by atoms with Crippen LogP contribution in [0.2, 0.25) is 0 Å². The van der Waals surface area contributed by atoms with Gasteiger partial charge in [0.1, 0.15) is 13.2 Å². The van der Waals surface area contributed by atoms with Gasteiger partial charge in [-0.25, -0.2) is 0 Å². The van der Waals surface area contributed by atoms with Gasteiger partial charge in [-0.05, 0) is 29.0 Å². The minimum Gasteiger partial charge on any atom is -0.486 e. The highest BCUT2D eigenvalue weighted by Gasteiger charge is 2.18. The summed E-state index contributed by atoms with van der Waals surface area (Å²) in [5.74, 6) is 1.26. The van der Waals surface area contributed by atoms with Crippen LogP contribution in [-0.4, -0.2) is 24.1 Å². The highest BCUT2D eigenvalue weighted by molar-refractivity contribution is 6.15. The van der Waals surface area contributed by atoms with Crippen LogP contribution < -0.4 is 14.8 Å². The minimum absolute atomic E-state index is 0.163. The smallest absolute Gasteiger partial charge is 0.253 e. The number of hydrogen-bond acceptors (Lipinski definition) is 4. The van der Waals surface area contributed by atoms with E-state index >= 15 is 0 Å². The number of aromatic nitrogens is 1. The number of para-hydroxylation sites is 1. The standard InChI is InChI=1S/C23H18N2O3/c26-23(25-14-16-6-3-9-20-22(16)28-12-11-27-20)19-13-15-5-1-2-7-17(15)18-8-4-10-24-21(18)19/h1-10,13H,11-12,14H2,(H,25,26). The third-order valence-corrected chi connectivity index (χ3v) is 4.95. The summed E-state index contributed by atoms with van der Waals surface area (Å²) in [6.45, 7) is 1.40. The van der Waals surface area contributed by atoms with Gasteiger partial charge in [0, 0.05) is 23.7 Å². The summed E-state index contributed by atoms with van der Waals surface area (Å²) in [6.07, 6.45) is 1.71. The van der Waals surface area contributed by atoms with Crippen LogP contribution >= 0.6 is 0 Å². The first-order chi connectivity index (χ1) is 13.8. The van der Waals surface area contributed by atoms with Crippen LogP contribution in [0.1, 0.15) is 15.9 Å². The molecule has 0 fully saturated rings. The number of nitrogens with zero attached hydrogens (tertiary/aromatic N) is 1. The SMILES string of the molecule is O=C(NCc1cccc2c1OCCO2)c1cc2ccccc2c2cccnc12. The Morgan fingerprint density at radius 1 is 0.964 bits per heavy atom. The fraction of sp³-hybridized carbons (Fsp3) is 0.130. The second-order valence-electron chi connectivity index (χ2n) is 6.67. The third kappa shape index (κ3) is 2.81. The molecule has 28 heavy (non-hydrogen) atoms. The lowest BCUT2D eigenvalue weighted by Gasteiger charge is -2.21. The Kier molecular flexibility index (Phi) is 4.05. The van der Waals surface area contributed by atoms with Crippen LogP contribution in [0.3, 0.4) is 0 Å². The Balaban J connectivity index is 1.50. The molecule has 0 saturated carbocycles. The largest absolute Gasteiger partial charge is 0.486 e. The van der Waals surface area contributed by atoms with E-state index in [1.807, 2.05) is 54.6 Å². The number of carbonyl (C=O) groups is 1. The van der Waals surface area contributed by atoms with Gasteiger partial charge in [0.15, 0.2) is 11.5 Å². The maximum atomic E-state index is 13.0. The molecule has 0 spiro atoms. The Morgan fingerprint density at radius 3 is 2.79 bits per heavy atom. The zero-order valence-electron chi connectivity index (χ0n) is 15.1. The first-order valence-corrected chi connectivity index (χ1v) is 9.23. The number of hydrogen-bond donors (Lipinski definition) is 1. The van der Waals surface area contributed by atoms with Gasteiger partial charge in [0.25, 0.3) is 5.91 Å². The first-order valence-electron chi connectivity index (χ1n) is 9.23. The molecule has 5 nitrogen and oxygen atoms in total. The number of rotatable bonds is 3. The van der Waals surface area contributed by atoms with Crippen molar-refractivity contribution in [2.24, 2.45) is 0 Å². The molecule has 2 heterocycles. The second-order valence-corrected chi connectivity index (χ2v) is 6.67. The second kappa shape index (κ2) is 6.85. The molecule has 138 valence electrons. The van der Waals surface area contributed by atoms with Crippen molar-refractivity contribution in [2.45, 2.75) is 6.54 Å². The van der Waals surface area contributed by atoms with E-state index in [2.05, 4.69) is 16.4 Å². The summed E-state index contributed by atoms with van der Waals surface area (Å²) in [5, 5.41) is 6.08. The van der Waals surface area contributed by atoms with Crippen molar-refractivity contribution in [2.75, 3.05) is 13.2 Å². The Bertz CT molecular complexity index is 1200. The summed E-state index contributed by atoms with van der Waals surface area (Å²) in [4.78, 5) is 17.5. The molecule has 0 radical (unpaired) electrons. The van der Waals surface area contributed by atoms with Crippen molar-refractivity contribution in [1.29, 1.82) is 0 Å². The highest BCUT2D eigenvalue weighted by Crippen LogP contribution is 2.33. The Morgan fingerprint density at radius 2 is 1.82 bits per heavy atom. The van der Waals surface area contributed by atoms with E-state index < -0.39 is 0 Å². The maximum Gasteiger partial charge on any atom is 0.253 e. The topological polar surface area (TPSA) is 60.5 Å². The fourth-order valence-electron chi connectivity index (χ4n) is 3.65. The van der Waals surface area contributed by atoms with Crippen molar-refractivity contribution >= 4 is 27.6 Å². The van der Waals surface area contributed by atoms with Crippen molar-refractivity contribution in [1.82, 2.24) is 10.3 Å². The van der Waals surface area contributed by atoms with Gasteiger partial charge in [-0.3, -0.25) is 9.78 Å². The van der Waals surface area contributed by atoms with E-state index in [-0.39, 0.29) is 5.91 Å². The molecule has 0 bridgehead atoms. The van der Waals surface area contributed by atoms with E-state index in [1.165, 1.54) is 0 Å². The van der Waals surface area contributed by atoms with E-state index in [0.717, 1.165) is 27.5 Å². The van der Waals surface area contributed by atoms with Crippen molar-refractivity contribution < 1.29 is 14.3 Å². The highest BCUT2D eigenvalue weighted by atomic mass is 16.6. The van der Waals surface area contributed by atoms with Crippen LogP contribution in [0.15, 0.2) is 66.9 Å². The van der Waals surface area contributed by atoms with E-state index in [1.54, 1.807) is 6.20 Å². The summed E-state index contributed by atoms with van der Waals surface area (Å²) in [6, 6.07) is 19.5. The van der Waals surface area contributed by atoms with Gasteiger partial charge in [0.2, 0.25) is 0 Å². The molecule has 0 unspecified atom stereocenters. The molecule has 4 aromatic rings. The number of fused-ring (bicyclic) bond motifs is 4. The van der Waals surface area contributed by atoms with Gasteiger partial charge in [-0.1, -0.05) is 42.5 Å². The lowest BCUT2D eigenvalue weighted by atomic mass is 10.0. The Labute approximate surface area is 161 Å². The number of pyridine rings is 1. The fourth-order valence-corrected chi connectivity index (χ4v) is 3.65. The first kappa shape index (κ1) is 16.6. The van der Waals surface area contributed by atoms with E-state index in [0.29, 0.717) is 36.6 Å². The lowest BCUT2D eigenvalue weighted by molar-refractivity contribution is 0.0951. The molecular formula is C23H18N2O3. The maximum absolute atomic E-state index is 13.0. The number of carbonyl (C=O) groups excluding carboxylic acids is 1. The molecule has 1 amide bonds. The Hall–Kier alpha value is -3.60. The van der Waals surface area contributed by atoms with Crippen LogP contribution in [0.4, 0.5) is 0 Å². The molecule has 1 N–H and O–H groups in total. The quantitative estimate of drug-likeness (QED) is 0.552. The molecular weight excluding hydrogens is 352 g/mol. The van der Waals surface area contributed by atoms with E-state index in [4.69, 9.17) is 9.47 Å². The zero-order valence-corrected chi connectivity index (χ0v) is 15.1. The van der Waals surface area contributed by atoms with Crippen molar-refractivity contribution in [3.8, 4) is 11.5 Å². The number of amides is 1. The minimum atomic E-state index is -0.163. The predicted molar refractivity (Wildman–Crippen MR) is 108 cm³/mol. The molecule has 1 aromatic heterocycles. The zero-order chi connectivity index (χ0) is 18.9. The summed E-state index contributed by atoms with van der Waals surface area (Å²) in [5.41, 5.74) is 2.16. The number of nitrogens with one attached hydrogen (secondary N) is 1. The molecule has 3 aromatic carbocycles. The molecule has 0 aliphatic carbocycles. The van der Waals surface area contributed by atoms with Crippen molar-refractivity contribution in [3.63, 3.8) is 0 Å². The van der Waals surface area contributed by atoms with Gasteiger partial charge >= 0.3 is 0 Å². The molecule has 1 aliphatic rings. The average molecular weight is 370 g/mol. The molecule has 0 atom stereocenters. The summed E-state index contributed by atoms with van der Waals surface area (Å²) < 4.78 is 11.3. The number of benzene rings is 3. The molecule has 0 saturated heterocycles. The normalized spacial score (nSPS) is 12.9. The average Bonchev–Trinajstić information content (AvgIpc) is 2.77. The monoisotopic (exact) mass is 370 g/mol. The third-order valence-electron chi connectivity index (χ3n) is 4.95. The van der Waals surface area contributed by atoms with Gasteiger partial charge in [0.05, 0.1) is 11.1 Å². The predicted octanol–water partition coefficient (Wildman–Crippen LogP) is 4.09. The molecule has 5 heteroatoms. The van der Waals surface area contributed by atoms with Gasteiger partial charge in [-0.2, -0.15) is 0 Å². The van der Waals surface area contributed by atoms with Crippen LogP contribution in [0.25, 0.3) is 21.7 Å². The number of ether oxygens (including phenoxy) is 2. The lowest BCUT2D eigenvalue weighted by Crippen LogP contribution is -2.24. The molecule has 1 aliphatic heterocycles. The molecule has 5 rings (SSSR count). The van der Waals surface area contributed by atoms with Gasteiger partial charge in [-0.15, -0.1) is 0 Å².